The van der Waals surface area contributed by atoms with Gasteiger partial charge >= 0.3 is 0 Å². The summed E-state index contributed by atoms with van der Waals surface area (Å²) in [6, 6.07) is 17.4. The van der Waals surface area contributed by atoms with E-state index in [9.17, 15) is 23.3 Å². The Morgan fingerprint density at radius 3 is 2.50 bits per heavy atom. The van der Waals surface area contributed by atoms with Gasteiger partial charge in [-0.1, -0.05) is 48.5 Å². The maximum Gasteiger partial charge on any atom is 0.271 e. The van der Waals surface area contributed by atoms with Crippen LogP contribution in [0.1, 0.15) is 11.1 Å². The Bertz CT molecular complexity index is 1220. The minimum absolute atomic E-state index is 0.104. The van der Waals surface area contributed by atoms with Crippen LogP contribution in [-0.2, 0) is 21.4 Å². The lowest BCUT2D eigenvalue weighted by atomic mass is 10.0. The summed E-state index contributed by atoms with van der Waals surface area (Å²) in [5.41, 5.74) is 1.26. The Labute approximate surface area is 174 Å². The Kier molecular flexibility index (Phi) is 6.02. The molecule has 0 spiro atoms. The van der Waals surface area contributed by atoms with Gasteiger partial charge in [-0.25, -0.2) is 8.42 Å². The van der Waals surface area contributed by atoms with Crippen molar-refractivity contribution in [1.82, 2.24) is 5.32 Å². The predicted octanol–water partition coefficient (Wildman–Crippen LogP) is 3.14. The van der Waals surface area contributed by atoms with Crippen molar-refractivity contribution in [1.29, 1.82) is 0 Å². The van der Waals surface area contributed by atoms with Crippen molar-refractivity contribution < 1.29 is 18.1 Å². The van der Waals surface area contributed by atoms with Crippen LogP contribution in [0.5, 0.6) is 0 Å². The Hall–Kier alpha value is -3.46. The van der Waals surface area contributed by atoms with Gasteiger partial charge in [0, 0.05) is 18.7 Å². The molecule has 0 radical (unpaired) electrons. The van der Waals surface area contributed by atoms with Crippen molar-refractivity contribution in [2.45, 2.75) is 13.5 Å². The first-order valence-corrected chi connectivity index (χ1v) is 11.0. The summed E-state index contributed by atoms with van der Waals surface area (Å²) in [4.78, 5) is 23.0. The molecule has 0 fully saturated rings. The monoisotopic (exact) mass is 427 g/mol. The highest BCUT2D eigenvalue weighted by atomic mass is 32.2. The van der Waals surface area contributed by atoms with E-state index >= 15 is 0 Å². The van der Waals surface area contributed by atoms with E-state index in [0.717, 1.165) is 33.0 Å². The molecular formula is C21H21N3O5S. The van der Waals surface area contributed by atoms with Gasteiger partial charge in [0.1, 0.15) is 6.54 Å². The number of carbonyl (C=O) groups is 1. The predicted molar refractivity (Wildman–Crippen MR) is 116 cm³/mol. The molecule has 0 saturated carbocycles. The first-order chi connectivity index (χ1) is 14.2. The number of anilines is 1. The number of nitro benzene ring substituents is 1. The number of non-ortho nitro benzene ring substituents is 1. The molecule has 0 unspecified atom stereocenters. The lowest BCUT2D eigenvalue weighted by molar-refractivity contribution is -0.384. The quantitative estimate of drug-likeness (QED) is 0.460. The zero-order chi connectivity index (χ0) is 21.9. The van der Waals surface area contributed by atoms with E-state index in [0.29, 0.717) is 5.56 Å². The Morgan fingerprint density at radius 2 is 1.80 bits per heavy atom. The van der Waals surface area contributed by atoms with Crippen molar-refractivity contribution in [3.63, 3.8) is 0 Å². The summed E-state index contributed by atoms with van der Waals surface area (Å²) in [5, 5.41) is 15.9. The summed E-state index contributed by atoms with van der Waals surface area (Å²) < 4.78 is 25.5. The van der Waals surface area contributed by atoms with Crippen LogP contribution in [0.2, 0.25) is 0 Å². The number of benzene rings is 3. The van der Waals surface area contributed by atoms with Gasteiger partial charge in [-0.15, -0.1) is 0 Å². The number of rotatable bonds is 7. The zero-order valence-corrected chi connectivity index (χ0v) is 17.3. The van der Waals surface area contributed by atoms with E-state index in [1.807, 2.05) is 42.5 Å². The van der Waals surface area contributed by atoms with Crippen molar-refractivity contribution >= 4 is 38.1 Å². The molecule has 1 N–H and O–H groups in total. The van der Waals surface area contributed by atoms with Crippen molar-refractivity contribution in [2.24, 2.45) is 0 Å². The molecular weight excluding hydrogens is 406 g/mol. The topological polar surface area (TPSA) is 110 Å². The summed E-state index contributed by atoms with van der Waals surface area (Å²) in [6.45, 7) is 1.38. The summed E-state index contributed by atoms with van der Waals surface area (Å²) in [5.74, 6) is -0.515. The number of sulfonamides is 1. The molecule has 3 aromatic rings. The normalized spacial score (nSPS) is 11.3. The van der Waals surface area contributed by atoms with Crippen molar-refractivity contribution in [3.05, 3.63) is 81.9 Å². The van der Waals surface area contributed by atoms with Gasteiger partial charge in [0.25, 0.3) is 5.69 Å². The highest BCUT2D eigenvalue weighted by molar-refractivity contribution is 7.92. The maximum atomic E-state index is 12.6. The number of hydrogen-bond donors (Lipinski definition) is 1. The van der Waals surface area contributed by atoms with Crippen LogP contribution in [0.25, 0.3) is 10.8 Å². The number of nitro groups is 1. The van der Waals surface area contributed by atoms with E-state index in [4.69, 9.17) is 0 Å². The highest BCUT2D eigenvalue weighted by Crippen LogP contribution is 2.27. The van der Waals surface area contributed by atoms with Gasteiger partial charge in [0.2, 0.25) is 15.9 Å². The molecule has 9 heteroatoms. The molecule has 0 heterocycles. The minimum Gasteiger partial charge on any atom is -0.350 e. The molecule has 0 atom stereocenters. The van der Waals surface area contributed by atoms with E-state index in [-0.39, 0.29) is 17.9 Å². The van der Waals surface area contributed by atoms with Gasteiger partial charge in [0.05, 0.1) is 16.9 Å². The first-order valence-electron chi connectivity index (χ1n) is 9.13. The number of nitrogens with one attached hydrogen (secondary N) is 1. The molecule has 8 nitrogen and oxygen atoms in total. The lowest BCUT2D eigenvalue weighted by Crippen LogP contribution is -2.40. The van der Waals surface area contributed by atoms with Crippen LogP contribution in [0, 0.1) is 17.0 Å². The van der Waals surface area contributed by atoms with Gasteiger partial charge in [-0.3, -0.25) is 19.2 Å². The van der Waals surface area contributed by atoms with Crippen molar-refractivity contribution in [3.8, 4) is 0 Å². The second-order valence-corrected chi connectivity index (χ2v) is 8.82. The fraction of sp³-hybridized carbons (Fsp3) is 0.190. The Morgan fingerprint density at radius 1 is 1.10 bits per heavy atom. The van der Waals surface area contributed by atoms with E-state index in [1.165, 1.54) is 12.1 Å². The van der Waals surface area contributed by atoms with Gasteiger partial charge in [-0.05, 0) is 28.8 Å². The van der Waals surface area contributed by atoms with E-state index < -0.39 is 27.4 Å². The molecule has 0 saturated heterocycles. The van der Waals surface area contributed by atoms with E-state index in [2.05, 4.69) is 5.32 Å². The number of aryl methyl sites for hydroxylation is 1. The van der Waals surface area contributed by atoms with Gasteiger partial charge in [0.15, 0.2) is 0 Å². The zero-order valence-electron chi connectivity index (χ0n) is 16.5. The molecule has 3 rings (SSSR count). The molecule has 0 bridgehead atoms. The third-order valence-electron chi connectivity index (χ3n) is 4.72. The van der Waals surface area contributed by atoms with Crippen molar-refractivity contribution in [2.75, 3.05) is 17.1 Å². The van der Waals surface area contributed by atoms with Gasteiger partial charge in [-0.2, -0.15) is 0 Å². The molecule has 3 aromatic carbocycles. The number of nitrogens with zero attached hydrogens (tertiary/aromatic N) is 2. The Balaban J connectivity index is 1.82. The molecule has 156 valence electrons. The fourth-order valence-electron chi connectivity index (χ4n) is 3.19. The summed E-state index contributed by atoms with van der Waals surface area (Å²) in [7, 11) is -3.85. The average molecular weight is 427 g/mol. The number of amides is 1. The number of fused-ring (bicyclic) bond motifs is 1. The number of carbonyl (C=O) groups excluding carboxylic acids is 1. The third kappa shape index (κ3) is 4.74. The molecule has 30 heavy (non-hydrogen) atoms. The SMILES string of the molecule is Cc1ccc([N+](=O)[O-])cc1N(CC(=O)NCc1cccc2ccccc12)S(C)(=O)=O. The number of hydrogen-bond acceptors (Lipinski definition) is 5. The summed E-state index contributed by atoms with van der Waals surface area (Å²) in [6.07, 6.45) is 0.962. The second-order valence-electron chi connectivity index (χ2n) is 6.91. The summed E-state index contributed by atoms with van der Waals surface area (Å²) >= 11 is 0. The first kappa shape index (κ1) is 21.3. The molecule has 1 amide bonds. The van der Waals surface area contributed by atoms with Crippen LogP contribution in [0.3, 0.4) is 0 Å². The molecule has 0 aliphatic rings. The highest BCUT2D eigenvalue weighted by Gasteiger charge is 2.24. The average Bonchev–Trinajstić information content (AvgIpc) is 2.70. The standard InChI is InChI=1S/C21H21N3O5S/c1-15-10-11-18(24(26)27)12-20(15)23(30(2,28)29)14-21(25)22-13-17-8-5-7-16-6-3-4-9-19(16)17/h3-12H,13-14H2,1-2H3,(H,22,25). The largest absolute Gasteiger partial charge is 0.350 e. The molecule has 0 aromatic heterocycles. The van der Waals surface area contributed by atoms with Crippen LogP contribution in [0.4, 0.5) is 11.4 Å². The van der Waals surface area contributed by atoms with Crippen LogP contribution >= 0.6 is 0 Å². The third-order valence-corrected chi connectivity index (χ3v) is 5.84. The lowest BCUT2D eigenvalue weighted by Gasteiger charge is -2.23. The fourth-order valence-corrected chi connectivity index (χ4v) is 4.09. The molecule has 0 aliphatic carbocycles. The van der Waals surface area contributed by atoms with Crippen LogP contribution in [0.15, 0.2) is 60.7 Å². The van der Waals surface area contributed by atoms with Crippen LogP contribution < -0.4 is 9.62 Å². The van der Waals surface area contributed by atoms with Gasteiger partial charge < -0.3 is 5.32 Å². The van der Waals surface area contributed by atoms with E-state index in [1.54, 1.807) is 6.92 Å². The maximum absolute atomic E-state index is 12.6. The smallest absolute Gasteiger partial charge is 0.271 e. The second kappa shape index (κ2) is 8.50. The van der Waals surface area contributed by atoms with Crippen LogP contribution in [-0.4, -0.2) is 32.0 Å². The minimum atomic E-state index is -3.85. The molecule has 0 aliphatic heterocycles.